The van der Waals surface area contributed by atoms with Gasteiger partial charge in [0.05, 0.1) is 24.4 Å². The highest BCUT2D eigenvalue weighted by Gasteiger charge is 2.25. The first-order valence-electron chi connectivity index (χ1n) is 10.3. The highest BCUT2D eigenvalue weighted by Crippen LogP contribution is 2.25. The van der Waals surface area contributed by atoms with E-state index in [0.29, 0.717) is 36.7 Å². The van der Waals surface area contributed by atoms with Crippen LogP contribution in [0.3, 0.4) is 0 Å². The van der Waals surface area contributed by atoms with Crippen LogP contribution in [0.1, 0.15) is 85.0 Å². The lowest BCUT2D eigenvalue weighted by Crippen LogP contribution is -2.17. The maximum Gasteiger partial charge on any atom is 0.338 e. The minimum Gasteiger partial charge on any atom is -0.462 e. The van der Waals surface area contributed by atoms with Gasteiger partial charge in [-0.2, -0.15) is 0 Å². The minimum atomic E-state index is -0.398. The first kappa shape index (κ1) is 22.5. The van der Waals surface area contributed by atoms with Gasteiger partial charge in [-0.05, 0) is 31.6 Å². The third-order valence-electron chi connectivity index (χ3n) is 4.63. The van der Waals surface area contributed by atoms with Crippen LogP contribution < -0.4 is 0 Å². The summed E-state index contributed by atoms with van der Waals surface area (Å²) >= 11 is 0. The molecule has 1 aliphatic rings. The molecule has 0 N–H and O–H groups in total. The standard InChI is InChI=1S/C22H36O4/c1-4-6-8-10-15-25-21(23)19-14-12-13-18(3)17-20(19)22(24)26-16-11-9-7-5-2/h12,14,18H,4-11,13,15-17H2,1-3H3. The second kappa shape index (κ2) is 13.6. The molecule has 1 aliphatic carbocycles. The first-order chi connectivity index (χ1) is 12.6. The van der Waals surface area contributed by atoms with E-state index in [0.717, 1.165) is 57.8 Å². The van der Waals surface area contributed by atoms with Crippen LogP contribution >= 0.6 is 0 Å². The molecule has 0 aromatic heterocycles. The maximum absolute atomic E-state index is 12.5. The molecule has 26 heavy (non-hydrogen) atoms. The fraction of sp³-hybridized carbons (Fsp3) is 0.727. The number of hydrogen-bond donors (Lipinski definition) is 0. The van der Waals surface area contributed by atoms with Crippen LogP contribution in [0.25, 0.3) is 0 Å². The second-order valence-corrected chi connectivity index (χ2v) is 7.23. The highest BCUT2D eigenvalue weighted by molar-refractivity contribution is 6.02. The molecular formula is C22H36O4. The van der Waals surface area contributed by atoms with Crippen LogP contribution in [0.4, 0.5) is 0 Å². The molecule has 0 spiro atoms. The minimum absolute atomic E-state index is 0.309. The molecule has 0 bridgehead atoms. The van der Waals surface area contributed by atoms with Gasteiger partial charge in [-0.1, -0.05) is 71.4 Å². The summed E-state index contributed by atoms with van der Waals surface area (Å²) in [7, 11) is 0. The number of unbranched alkanes of at least 4 members (excludes halogenated alkanes) is 6. The smallest absolute Gasteiger partial charge is 0.338 e. The molecule has 0 heterocycles. The monoisotopic (exact) mass is 364 g/mol. The summed E-state index contributed by atoms with van der Waals surface area (Å²) in [4.78, 5) is 25.0. The van der Waals surface area contributed by atoms with Crippen molar-refractivity contribution in [2.75, 3.05) is 13.2 Å². The number of esters is 2. The Labute approximate surface area is 159 Å². The molecule has 0 radical (unpaired) electrons. The molecule has 0 amide bonds. The summed E-state index contributed by atoms with van der Waals surface area (Å²) in [6.45, 7) is 7.20. The summed E-state index contributed by atoms with van der Waals surface area (Å²) in [6, 6.07) is 0. The largest absolute Gasteiger partial charge is 0.462 e. The molecule has 0 saturated carbocycles. The van der Waals surface area contributed by atoms with Crippen molar-refractivity contribution in [3.63, 3.8) is 0 Å². The summed E-state index contributed by atoms with van der Waals surface area (Å²) in [5.74, 6) is -0.452. The number of hydrogen-bond acceptors (Lipinski definition) is 4. The van der Waals surface area contributed by atoms with Crippen LogP contribution in [0.5, 0.6) is 0 Å². The summed E-state index contributed by atoms with van der Waals surface area (Å²) in [6.07, 6.45) is 13.5. The van der Waals surface area contributed by atoms with E-state index in [-0.39, 0.29) is 5.97 Å². The average Bonchev–Trinajstić information content (AvgIpc) is 2.82. The highest BCUT2D eigenvalue weighted by atomic mass is 16.5. The normalized spacial score (nSPS) is 17.1. The van der Waals surface area contributed by atoms with Crippen molar-refractivity contribution in [1.82, 2.24) is 0 Å². The van der Waals surface area contributed by atoms with Crippen LogP contribution in [0.2, 0.25) is 0 Å². The summed E-state index contributed by atoms with van der Waals surface area (Å²) < 4.78 is 10.8. The number of ether oxygens (including phenoxy) is 2. The van der Waals surface area contributed by atoms with E-state index < -0.39 is 5.97 Å². The lowest BCUT2D eigenvalue weighted by molar-refractivity contribution is -0.142. The van der Waals surface area contributed by atoms with Gasteiger partial charge in [-0.15, -0.1) is 0 Å². The van der Waals surface area contributed by atoms with Gasteiger partial charge in [0.15, 0.2) is 0 Å². The van der Waals surface area contributed by atoms with E-state index in [2.05, 4.69) is 20.8 Å². The fourth-order valence-electron chi connectivity index (χ4n) is 3.00. The van der Waals surface area contributed by atoms with Crippen molar-refractivity contribution in [3.05, 3.63) is 23.3 Å². The SMILES string of the molecule is CCCCCCOC(=O)C1=C(C(=O)OCCCCCC)CC(C)CC=C1. The zero-order valence-electron chi connectivity index (χ0n) is 16.9. The zero-order chi connectivity index (χ0) is 19.2. The Bertz CT molecular complexity index is 490. The molecule has 0 saturated heterocycles. The predicted molar refractivity (Wildman–Crippen MR) is 105 cm³/mol. The molecule has 1 atom stereocenters. The van der Waals surface area contributed by atoms with Gasteiger partial charge in [-0.3, -0.25) is 0 Å². The Morgan fingerprint density at radius 3 is 2.08 bits per heavy atom. The van der Waals surface area contributed by atoms with Gasteiger partial charge in [-0.25, -0.2) is 9.59 Å². The predicted octanol–water partition coefficient (Wildman–Crippen LogP) is 5.52. The van der Waals surface area contributed by atoms with Crippen LogP contribution in [-0.4, -0.2) is 25.2 Å². The molecule has 0 fully saturated rings. The van der Waals surface area contributed by atoms with Gasteiger partial charge in [0.2, 0.25) is 0 Å². The van der Waals surface area contributed by atoms with Crippen molar-refractivity contribution in [2.24, 2.45) is 5.92 Å². The van der Waals surface area contributed by atoms with E-state index >= 15 is 0 Å². The van der Waals surface area contributed by atoms with Crippen molar-refractivity contribution in [2.45, 2.75) is 85.0 Å². The number of rotatable bonds is 12. The Kier molecular flexibility index (Phi) is 11.7. The van der Waals surface area contributed by atoms with Crippen molar-refractivity contribution >= 4 is 11.9 Å². The third kappa shape index (κ3) is 8.68. The van der Waals surface area contributed by atoms with Crippen molar-refractivity contribution in [3.8, 4) is 0 Å². The number of carbonyl (C=O) groups excluding carboxylic acids is 2. The van der Waals surface area contributed by atoms with Gasteiger partial charge in [0.1, 0.15) is 0 Å². The molecule has 1 unspecified atom stereocenters. The van der Waals surface area contributed by atoms with Crippen molar-refractivity contribution in [1.29, 1.82) is 0 Å². The van der Waals surface area contributed by atoms with Gasteiger partial charge < -0.3 is 9.47 Å². The maximum atomic E-state index is 12.5. The Hall–Kier alpha value is -1.58. The second-order valence-electron chi connectivity index (χ2n) is 7.23. The van der Waals surface area contributed by atoms with E-state index in [1.165, 1.54) is 0 Å². The topological polar surface area (TPSA) is 52.6 Å². The molecule has 0 aliphatic heterocycles. The molecule has 0 aromatic rings. The Balaban J connectivity index is 2.67. The first-order valence-corrected chi connectivity index (χ1v) is 10.3. The van der Waals surface area contributed by atoms with Gasteiger partial charge in [0, 0.05) is 0 Å². The van der Waals surface area contributed by atoms with Crippen LogP contribution in [-0.2, 0) is 19.1 Å². The van der Waals surface area contributed by atoms with E-state index in [1.54, 1.807) is 6.08 Å². The summed E-state index contributed by atoms with van der Waals surface area (Å²) in [5.41, 5.74) is 0.851. The number of allylic oxidation sites excluding steroid dienone is 1. The fourth-order valence-corrected chi connectivity index (χ4v) is 3.00. The molecule has 148 valence electrons. The third-order valence-corrected chi connectivity index (χ3v) is 4.63. The van der Waals surface area contributed by atoms with Crippen molar-refractivity contribution < 1.29 is 19.1 Å². The zero-order valence-corrected chi connectivity index (χ0v) is 16.9. The molecule has 1 rings (SSSR count). The average molecular weight is 365 g/mol. The lowest BCUT2D eigenvalue weighted by Gasteiger charge is -2.13. The molecule has 0 aromatic carbocycles. The Morgan fingerprint density at radius 1 is 0.923 bits per heavy atom. The lowest BCUT2D eigenvalue weighted by atomic mass is 9.98. The van der Waals surface area contributed by atoms with E-state index in [4.69, 9.17) is 9.47 Å². The summed E-state index contributed by atoms with van der Waals surface area (Å²) in [5, 5.41) is 0. The quantitative estimate of drug-likeness (QED) is 0.338. The Morgan fingerprint density at radius 2 is 1.50 bits per heavy atom. The van der Waals surface area contributed by atoms with Crippen LogP contribution in [0.15, 0.2) is 23.3 Å². The van der Waals surface area contributed by atoms with Gasteiger partial charge >= 0.3 is 11.9 Å². The molecular weight excluding hydrogens is 328 g/mol. The molecule has 4 heteroatoms. The number of carbonyl (C=O) groups is 2. The van der Waals surface area contributed by atoms with E-state index in [1.807, 2.05) is 6.08 Å². The van der Waals surface area contributed by atoms with Crippen LogP contribution in [0, 0.1) is 5.92 Å². The van der Waals surface area contributed by atoms with Gasteiger partial charge in [0.25, 0.3) is 0 Å². The van der Waals surface area contributed by atoms with E-state index in [9.17, 15) is 9.59 Å². The molecule has 4 nitrogen and oxygen atoms in total.